The zero-order chi connectivity index (χ0) is 19.7. The molecule has 28 heavy (non-hydrogen) atoms. The third kappa shape index (κ3) is 3.90. The van der Waals surface area contributed by atoms with E-state index in [2.05, 4.69) is 53.2 Å². The van der Waals surface area contributed by atoms with Crippen molar-refractivity contribution in [3.63, 3.8) is 0 Å². The molecule has 0 radical (unpaired) electrons. The molecule has 0 unspecified atom stereocenters. The molecule has 0 aliphatic carbocycles. The van der Waals surface area contributed by atoms with Gasteiger partial charge in [0.05, 0.1) is 5.75 Å². The van der Waals surface area contributed by atoms with Gasteiger partial charge in [-0.15, -0.1) is 5.10 Å². The van der Waals surface area contributed by atoms with Crippen LogP contribution < -0.4 is 0 Å². The summed E-state index contributed by atoms with van der Waals surface area (Å²) >= 11 is 1.39. The Hall–Kier alpha value is -2.41. The van der Waals surface area contributed by atoms with Crippen LogP contribution in [0.25, 0.3) is 5.78 Å². The maximum Gasteiger partial charge on any atom is 0.253 e. The Morgan fingerprint density at radius 3 is 2.50 bits per heavy atom. The second-order valence-electron chi connectivity index (χ2n) is 7.41. The SMILES string of the molecule is Cc1ccc(Cc2c(C)nc3nc(SCC(=O)N4CCCC4)nn3c2C)cc1. The van der Waals surface area contributed by atoms with E-state index in [1.54, 1.807) is 4.52 Å². The number of likely N-dealkylation sites (tertiary alicyclic amines) is 1. The van der Waals surface area contributed by atoms with E-state index in [0.717, 1.165) is 43.7 Å². The van der Waals surface area contributed by atoms with Gasteiger partial charge in [-0.2, -0.15) is 4.98 Å². The standard InChI is InChI=1S/C21H25N5OS/c1-14-6-8-17(9-7-14)12-18-15(2)22-20-23-21(24-26(20)16(18)3)28-13-19(27)25-10-4-5-11-25/h6-9H,4-5,10-13H2,1-3H3. The average molecular weight is 396 g/mol. The molecule has 6 nitrogen and oxygen atoms in total. The molecule has 2 aromatic heterocycles. The molecule has 0 spiro atoms. The van der Waals surface area contributed by atoms with E-state index in [4.69, 9.17) is 0 Å². The van der Waals surface area contributed by atoms with Gasteiger partial charge in [-0.1, -0.05) is 41.6 Å². The topological polar surface area (TPSA) is 63.4 Å². The van der Waals surface area contributed by atoms with Crippen LogP contribution in [0.3, 0.4) is 0 Å². The number of hydrogen-bond acceptors (Lipinski definition) is 5. The van der Waals surface area contributed by atoms with Crippen molar-refractivity contribution in [2.75, 3.05) is 18.8 Å². The molecule has 4 rings (SSSR count). The first kappa shape index (κ1) is 18.9. The Balaban J connectivity index is 1.54. The molecule has 1 aliphatic heterocycles. The van der Waals surface area contributed by atoms with Crippen LogP contribution in [0.5, 0.6) is 0 Å². The number of benzene rings is 1. The Morgan fingerprint density at radius 1 is 1.07 bits per heavy atom. The molecule has 0 N–H and O–H groups in total. The van der Waals surface area contributed by atoms with Crippen LogP contribution in [-0.4, -0.2) is 49.2 Å². The van der Waals surface area contributed by atoms with E-state index in [9.17, 15) is 4.79 Å². The van der Waals surface area contributed by atoms with Crippen LogP contribution in [0.2, 0.25) is 0 Å². The number of hydrogen-bond donors (Lipinski definition) is 0. The molecule has 1 amide bonds. The first-order valence-corrected chi connectivity index (χ1v) is 10.7. The molecule has 1 aromatic carbocycles. The molecule has 3 heterocycles. The van der Waals surface area contributed by atoms with Gasteiger partial charge in [-0.25, -0.2) is 9.50 Å². The summed E-state index contributed by atoms with van der Waals surface area (Å²) in [5, 5.41) is 5.21. The van der Waals surface area contributed by atoms with E-state index in [-0.39, 0.29) is 5.91 Å². The van der Waals surface area contributed by atoms with Gasteiger partial charge in [-0.05, 0) is 44.7 Å². The average Bonchev–Trinajstić information content (AvgIpc) is 3.35. The molecular weight excluding hydrogens is 370 g/mol. The third-order valence-electron chi connectivity index (χ3n) is 5.31. The van der Waals surface area contributed by atoms with Crippen LogP contribution in [-0.2, 0) is 11.2 Å². The van der Waals surface area contributed by atoms with Crippen molar-refractivity contribution in [2.45, 2.75) is 45.2 Å². The maximum absolute atomic E-state index is 12.3. The summed E-state index contributed by atoms with van der Waals surface area (Å²) in [6, 6.07) is 8.58. The van der Waals surface area contributed by atoms with Crippen molar-refractivity contribution in [1.29, 1.82) is 0 Å². The minimum absolute atomic E-state index is 0.169. The summed E-state index contributed by atoms with van der Waals surface area (Å²) in [7, 11) is 0. The number of rotatable bonds is 5. The second kappa shape index (κ2) is 7.91. The normalized spacial score (nSPS) is 14.2. The number of fused-ring (bicyclic) bond motifs is 1. The molecule has 146 valence electrons. The van der Waals surface area contributed by atoms with Crippen LogP contribution in [0.15, 0.2) is 29.4 Å². The van der Waals surface area contributed by atoms with Crippen LogP contribution >= 0.6 is 11.8 Å². The highest BCUT2D eigenvalue weighted by atomic mass is 32.2. The van der Waals surface area contributed by atoms with Crippen molar-refractivity contribution < 1.29 is 4.79 Å². The van der Waals surface area contributed by atoms with Crippen molar-refractivity contribution >= 4 is 23.4 Å². The summed E-state index contributed by atoms with van der Waals surface area (Å²) in [5.41, 5.74) is 5.71. The summed E-state index contributed by atoms with van der Waals surface area (Å²) < 4.78 is 1.80. The first-order valence-electron chi connectivity index (χ1n) is 9.70. The molecule has 1 aliphatic rings. The van der Waals surface area contributed by atoms with E-state index in [1.807, 2.05) is 11.8 Å². The number of thioether (sulfide) groups is 1. The number of carbonyl (C=O) groups is 1. The number of carbonyl (C=O) groups excluding carboxylic acids is 1. The van der Waals surface area contributed by atoms with Crippen LogP contribution in [0, 0.1) is 20.8 Å². The molecule has 7 heteroatoms. The smallest absolute Gasteiger partial charge is 0.253 e. The number of aromatic nitrogens is 4. The molecule has 1 saturated heterocycles. The predicted molar refractivity (Wildman–Crippen MR) is 111 cm³/mol. The van der Waals surface area contributed by atoms with Crippen LogP contribution in [0.1, 0.15) is 40.9 Å². The van der Waals surface area contributed by atoms with E-state index >= 15 is 0 Å². The van der Waals surface area contributed by atoms with Gasteiger partial charge in [0, 0.05) is 30.9 Å². The summed E-state index contributed by atoms with van der Waals surface area (Å²) in [6.45, 7) is 7.93. The predicted octanol–water partition coefficient (Wildman–Crippen LogP) is 3.35. The Morgan fingerprint density at radius 2 is 1.79 bits per heavy atom. The van der Waals surface area contributed by atoms with Gasteiger partial charge >= 0.3 is 0 Å². The Bertz CT molecular complexity index is 1010. The van der Waals surface area contributed by atoms with Crippen molar-refractivity contribution in [1.82, 2.24) is 24.5 Å². The molecule has 3 aromatic rings. The number of nitrogens with zero attached hydrogens (tertiary/aromatic N) is 5. The van der Waals surface area contributed by atoms with Gasteiger partial charge in [0.2, 0.25) is 11.1 Å². The Labute approximate surface area is 169 Å². The molecule has 0 saturated carbocycles. The highest BCUT2D eigenvalue weighted by molar-refractivity contribution is 7.99. The number of aryl methyl sites for hydroxylation is 3. The summed E-state index contributed by atoms with van der Waals surface area (Å²) in [5.74, 6) is 1.14. The second-order valence-corrected chi connectivity index (χ2v) is 8.35. The lowest BCUT2D eigenvalue weighted by molar-refractivity contribution is -0.127. The fourth-order valence-electron chi connectivity index (χ4n) is 3.60. The zero-order valence-electron chi connectivity index (χ0n) is 16.6. The lowest BCUT2D eigenvalue weighted by atomic mass is 10.0. The minimum atomic E-state index is 0.169. The summed E-state index contributed by atoms with van der Waals surface area (Å²) in [6.07, 6.45) is 3.03. The summed E-state index contributed by atoms with van der Waals surface area (Å²) in [4.78, 5) is 23.4. The van der Waals surface area contributed by atoms with Gasteiger partial charge in [0.25, 0.3) is 5.78 Å². The van der Waals surface area contributed by atoms with Crippen molar-refractivity contribution in [2.24, 2.45) is 0 Å². The van der Waals surface area contributed by atoms with Crippen molar-refractivity contribution in [3.8, 4) is 0 Å². The van der Waals surface area contributed by atoms with Gasteiger partial charge < -0.3 is 4.90 Å². The molecule has 0 bridgehead atoms. The number of amides is 1. The first-order chi connectivity index (χ1) is 13.5. The van der Waals surface area contributed by atoms with Gasteiger partial charge in [0.1, 0.15) is 0 Å². The van der Waals surface area contributed by atoms with Gasteiger partial charge in [-0.3, -0.25) is 4.79 Å². The Kier molecular flexibility index (Phi) is 5.35. The largest absolute Gasteiger partial charge is 0.342 e. The van der Waals surface area contributed by atoms with Crippen LogP contribution in [0.4, 0.5) is 0 Å². The fourth-order valence-corrected chi connectivity index (χ4v) is 4.32. The monoisotopic (exact) mass is 395 g/mol. The molecular formula is C21H25N5OS. The molecule has 0 atom stereocenters. The molecule has 1 fully saturated rings. The zero-order valence-corrected chi connectivity index (χ0v) is 17.4. The third-order valence-corrected chi connectivity index (χ3v) is 6.14. The van der Waals surface area contributed by atoms with Gasteiger partial charge in [0.15, 0.2) is 0 Å². The van der Waals surface area contributed by atoms with E-state index < -0.39 is 0 Å². The highest BCUT2D eigenvalue weighted by Crippen LogP contribution is 2.21. The minimum Gasteiger partial charge on any atom is -0.342 e. The maximum atomic E-state index is 12.3. The van der Waals surface area contributed by atoms with Crippen molar-refractivity contribution in [3.05, 3.63) is 52.3 Å². The lowest BCUT2D eigenvalue weighted by Gasteiger charge is -2.13. The van der Waals surface area contributed by atoms with E-state index in [0.29, 0.717) is 16.7 Å². The highest BCUT2D eigenvalue weighted by Gasteiger charge is 2.19. The quantitative estimate of drug-likeness (QED) is 0.620. The lowest BCUT2D eigenvalue weighted by Crippen LogP contribution is -2.29. The van der Waals surface area contributed by atoms with E-state index in [1.165, 1.54) is 28.5 Å². The fraction of sp³-hybridized carbons (Fsp3) is 0.429.